The van der Waals surface area contributed by atoms with Crippen LogP contribution >= 0.6 is 11.6 Å². The quantitative estimate of drug-likeness (QED) is 0.704. The molecular formula is C15H18ClF3N2. The predicted octanol–water partition coefficient (Wildman–Crippen LogP) is 5.49. The molecule has 2 nitrogen and oxygen atoms in total. The Morgan fingerprint density at radius 3 is 2.43 bits per heavy atom. The van der Waals surface area contributed by atoms with E-state index >= 15 is 0 Å². The Labute approximate surface area is 127 Å². The van der Waals surface area contributed by atoms with Crippen molar-refractivity contribution in [2.24, 2.45) is 5.41 Å². The Bertz CT molecular complexity index is 519. The summed E-state index contributed by atoms with van der Waals surface area (Å²) >= 11 is 5.84. The zero-order valence-corrected chi connectivity index (χ0v) is 12.8. The lowest BCUT2D eigenvalue weighted by molar-refractivity contribution is -0.137. The van der Waals surface area contributed by atoms with Gasteiger partial charge in [-0.05, 0) is 44.9 Å². The summed E-state index contributed by atoms with van der Waals surface area (Å²) in [5.41, 5.74) is -0.607. The number of hydrogen-bond donors (Lipinski definition) is 1. The van der Waals surface area contributed by atoms with E-state index in [1.165, 1.54) is 6.07 Å². The first kappa shape index (κ1) is 17.6. The molecule has 0 aromatic heterocycles. The molecule has 0 aliphatic heterocycles. The molecule has 0 radical (unpaired) electrons. The minimum absolute atomic E-state index is 0.0576. The van der Waals surface area contributed by atoms with Crippen molar-refractivity contribution in [3.05, 3.63) is 28.8 Å². The van der Waals surface area contributed by atoms with Gasteiger partial charge in [0, 0.05) is 6.54 Å². The number of benzene rings is 1. The van der Waals surface area contributed by atoms with Crippen LogP contribution in [0.2, 0.25) is 5.02 Å². The smallest absolute Gasteiger partial charge is 0.384 e. The van der Waals surface area contributed by atoms with Gasteiger partial charge in [-0.1, -0.05) is 18.0 Å². The number of nitriles is 1. The van der Waals surface area contributed by atoms with Crippen LogP contribution in [0.15, 0.2) is 18.2 Å². The van der Waals surface area contributed by atoms with Crippen molar-refractivity contribution in [3.8, 4) is 6.07 Å². The first-order valence-corrected chi connectivity index (χ1v) is 7.05. The van der Waals surface area contributed by atoms with E-state index in [1.54, 1.807) is 0 Å². The number of unbranched alkanes of at least 4 members (excludes halogenated alkanes) is 1. The van der Waals surface area contributed by atoms with Crippen molar-refractivity contribution in [1.82, 2.24) is 0 Å². The minimum Gasteiger partial charge on any atom is -0.384 e. The zero-order valence-electron chi connectivity index (χ0n) is 12.0. The fraction of sp³-hybridized carbons (Fsp3) is 0.533. The van der Waals surface area contributed by atoms with E-state index in [0.29, 0.717) is 12.2 Å². The van der Waals surface area contributed by atoms with Crippen LogP contribution in [0.3, 0.4) is 0 Å². The molecule has 0 atom stereocenters. The number of hydrogen-bond acceptors (Lipinski definition) is 2. The average molecular weight is 319 g/mol. The van der Waals surface area contributed by atoms with Crippen LogP contribution in [0, 0.1) is 16.7 Å². The molecule has 6 heteroatoms. The third-order valence-electron chi connectivity index (χ3n) is 3.14. The van der Waals surface area contributed by atoms with E-state index in [4.69, 9.17) is 16.9 Å². The second-order valence-corrected chi connectivity index (χ2v) is 5.98. The highest BCUT2D eigenvalue weighted by Crippen LogP contribution is 2.33. The maximum Gasteiger partial charge on any atom is 0.416 e. The topological polar surface area (TPSA) is 35.8 Å². The van der Waals surface area contributed by atoms with Crippen LogP contribution in [-0.2, 0) is 6.18 Å². The molecule has 0 heterocycles. The summed E-state index contributed by atoms with van der Waals surface area (Å²) in [6.45, 7) is 4.37. The summed E-state index contributed by atoms with van der Waals surface area (Å²) in [6.07, 6.45) is -1.91. The van der Waals surface area contributed by atoms with Gasteiger partial charge in [0.1, 0.15) is 0 Å². The third kappa shape index (κ3) is 5.84. The fourth-order valence-electron chi connectivity index (χ4n) is 1.81. The summed E-state index contributed by atoms with van der Waals surface area (Å²) in [5.74, 6) is 0. The molecule has 0 saturated heterocycles. The van der Waals surface area contributed by atoms with Crippen molar-refractivity contribution in [1.29, 1.82) is 5.26 Å². The van der Waals surface area contributed by atoms with Crippen LogP contribution in [0.1, 0.15) is 38.7 Å². The molecule has 21 heavy (non-hydrogen) atoms. The molecule has 0 aliphatic rings. The van der Waals surface area contributed by atoms with Gasteiger partial charge in [0.2, 0.25) is 0 Å². The largest absolute Gasteiger partial charge is 0.416 e. The Morgan fingerprint density at radius 1 is 1.24 bits per heavy atom. The number of alkyl halides is 3. The van der Waals surface area contributed by atoms with Gasteiger partial charge in [0.15, 0.2) is 0 Å². The molecule has 1 rings (SSSR count). The molecule has 1 aromatic rings. The lowest BCUT2D eigenvalue weighted by Crippen LogP contribution is -2.09. The molecule has 1 aromatic carbocycles. The van der Waals surface area contributed by atoms with E-state index in [0.717, 1.165) is 31.4 Å². The van der Waals surface area contributed by atoms with Crippen LogP contribution in [0.25, 0.3) is 0 Å². The summed E-state index contributed by atoms with van der Waals surface area (Å²) < 4.78 is 37.5. The van der Waals surface area contributed by atoms with Gasteiger partial charge in [-0.15, -0.1) is 0 Å². The molecule has 0 saturated carbocycles. The van der Waals surface area contributed by atoms with Gasteiger partial charge >= 0.3 is 6.18 Å². The normalized spacial score (nSPS) is 12.0. The molecule has 116 valence electrons. The first-order chi connectivity index (χ1) is 9.65. The molecule has 0 unspecified atom stereocenters. The number of halogens is 4. The summed E-state index contributed by atoms with van der Waals surface area (Å²) in [7, 11) is 0. The molecule has 1 N–H and O–H groups in total. The third-order valence-corrected chi connectivity index (χ3v) is 3.46. The number of anilines is 1. The number of nitrogens with one attached hydrogen (secondary N) is 1. The van der Waals surface area contributed by atoms with Crippen LogP contribution in [-0.4, -0.2) is 6.54 Å². The van der Waals surface area contributed by atoms with Gasteiger partial charge in [-0.2, -0.15) is 18.4 Å². The van der Waals surface area contributed by atoms with Gasteiger partial charge < -0.3 is 5.32 Å². The highest BCUT2D eigenvalue weighted by molar-refractivity contribution is 6.33. The zero-order chi connectivity index (χ0) is 16.1. The van der Waals surface area contributed by atoms with Crippen LogP contribution in [0.5, 0.6) is 0 Å². The van der Waals surface area contributed by atoms with E-state index in [9.17, 15) is 13.2 Å². The standard InChI is InChI=1S/C15H18ClF3N2/c1-14(2,10-20)7-3-4-8-21-13-6-5-11(9-12(13)16)15(17,18)19/h5-6,9,21H,3-4,7-8H2,1-2H3. The first-order valence-electron chi connectivity index (χ1n) is 6.67. The Hall–Kier alpha value is -1.41. The van der Waals surface area contributed by atoms with Crippen molar-refractivity contribution in [2.75, 3.05) is 11.9 Å². The summed E-state index contributed by atoms with van der Waals surface area (Å²) in [4.78, 5) is 0. The average Bonchev–Trinajstić information content (AvgIpc) is 2.38. The monoisotopic (exact) mass is 318 g/mol. The van der Waals surface area contributed by atoms with Crippen molar-refractivity contribution in [3.63, 3.8) is 0 Å². The Kier molecular flexibility index (Phi) is 5.91. The van der Waals surface area contributed by atoms with E-state index in [2.05, 4.69) is 11.4 Å². The van der Waals surface area contributed by atoms with Gasteiger partial charge in [0.05, 0.1) is 27.8 Å². The lowest BCUT2D eigenvalue weighted by atomic mass is 9.89. The van der Waals surface area contributed by atoms with E-state index in [-0.39, 0.29) is 10.4 Å². The lowest BCUT2D eigenvalue weighted by Gasteiger charge is -2.15. The maximum absolute atomic E-state index is 12.5. The van der Waals surface area contributed by atoms with Crippen LogP contribution < -0.4 is 5.32 Å². The van der Waals surface area contributed by atoms with Gasteiger partial charge in [-0.3, -0.25) is 0 Å². The Morgan fingerprint density at radius 2 is 1.90 bits per heavy atom. The van der Waals surface area contributed by atoms with Gasteiger partial charge in [0.25, 0.3) is 0 Å². The minimum atomic E-state index is -4.38. The number of nitrogens with zero attached hydrogens (tertiary/aromatic N) is 1. The molecule has 0 aliphatic carbocycles. The molecular weight excluding hydrogens is 301 g/mol. The summed E-state index contributed by atoms with van der Waals surface area (Å²) in [5, 5.41) is 12.0. The van der Waals surface area contributed by atoms with Crippen molar-refractivity contribution < 1.29 is 13.2 Å². The van der Waals surface area contributed by atoms with Crippen LogP contribution in [0.4, 0.5) is 18.9 Å². The SMILES string of the molecule is CC(C)(C#N)CCCCNc1ccc(C(F)(F)F)cc1Cl. The van der Waals surface area contributed by atoms with Crippen molar-refractivity contribution in [2.45, 2.75) is 39.3 Å². The Balaban J connectivity index is 2.45. The second kappa shape index (κ2) is 7.04. The summed E-state index contributed by atoms with van der Waals surface area (Å²) in [6, 6.07) is 5.50. The predicted molar refractivity (Wildman–Crippen MR) is 78.2 cm³/mol. The highest BCUT2D eigenvalue weighted by atomic mass is 35.5. The second-order valence-electron chi connectivity index (χ2n) is 5.57. The molecule has 0 spiro atoms. The van der Waals surface area contributed by atoms with Crippen molar-refractivity contribution >= 4 is 17.3 Å². The van der Waals surface area contributed by atoms with Gasteiger partial charge in [-0.25, -0.2) is 0 Å². The molecule has 0 amide bonds. The molecule has 0 fully saturated rings. The highest BCUT2D eigenvalue weighted by Gasteiger charge is 2.30. The van der Waals surface area contributed by atoms with E-state index < -0.39 is 11.7 Å². The fourth-order valence-corrected chi connectivity index (χ4v) is 2.05. The molecule has 0 bridgehead atoms. The number of rotatable bonds is 6. The van der Waals surface area contributed by atoms with E-state index in [1.807, 2.05) is 13.8 Å². The maximum atomic E-state index is 12.5.